The summed E-state index contributed by atoms with van der Waals surface area (Å²) in [5.41, 5.74) is 12.6. The first-order chi connectivity index (χ1) is 34.2. The van der Waals surface area contributed by atoms with Crippen molar-refractivity contribution in [3.63, 3.8) is 0 Å². The van der Waals surface area contributed by atoms with Gasteiger partial charge >= 0.3 is 0 Å². The Kier molecular flexibility index (Phi) is 8.03. The third kappa shape index (κ3) is 8.26. The summed E-state index contributed by atoms with van der Waals surface area (Å²) in [5.74, 6) is -1.48. The molecule has 0 spiro atoms. The van der Waals surface area contributed by atoms with E-state index in [4.69, 9.17) is 60.8 Å². The number of nitrogens with zero attached hydrogens (tertiary/aromatic N) is 8. The highest BCUT2D eigenvalue weighted by Gasteiger charge is 2.33. The van der Waals surface area contributed by atoms with Crippen molar-refractivity contribution in [3.05, 3.63) is 72.7 Å². The minimum Gasteiger partial charge on any atom is -0.493 e. The maximum absolute atomic E-state index is 13.6. The first-order valence-electron chi connectivity index (χ1n) is 24.3. The van der Waals surface area contributed by atoms with Crippen LogP contribution in [0.5, 0.6) is 34.5 Å². The first kappa shape index (κ1) is 28.1. The average Bonchev–Trinajstić information content (AvgIpc) is 3.89. The molecule has 6 aromatic rings. The van der Waals surface area contributed by atoms with Crippen LogP contribution in [0.4, 0.5) is 23.5 Å². The molecule has 61 heavy (non-hydrogen) atoms. The molecule has 3 aromatic carbocycles. The van der Waals surface area contributed by atoms with Crippen LogP contribution < -0.4 is 49.7 Å². The quantitative estimate of drug-likeness (QED) is 0.224. The molecule has 0 bridgehead atoms. The van der Waals surface area contributed by atoms with Crippen LogP contribution in [0.25, 0.3) is 21.8 Å². The molecule has 0 saturated carbocycles. The second kappa shape index (κ2) is 17.4. The lowest BCUT2D eigenvalue weighted by atomic mass is 10.2. The van der Waals surface area contributed by atoms with Gasteiger partial charge in [-0.2, -0.15) is 9.97 Å². The van der Waals surface area contributed by atoms with Crippen LogP contribution >= 0.6 is 0 Å². The molecule has 0 radical (unpaired) electrons. The number of rotatable bonds is 8. The SMILES string of the molecule is [2H]C1([2H])N(C(=O)C2COc3ccccc3O2)C([2H])([2H])C([2H])([2H])N(c2nc(N)c3cc(OC)c(OC)cc3n2)C1([2H])[2H].[2H]C1([2H])N(C(=O)c2ccco2)CCN(c2nc(N)c3cc(OC)c(OC)cc3n2)C1([2H])[2H]. The zero-order chi connectivity index (χ0) is 53.4. The van der Waals surface area contributed by atoms with Crippen molar-refractivity contribution < 1.29 is 58.9 Å². The fraction of sp³-hybridized carbons (Fsp3) is 0.333. The van der Waals surface area contributed by atoms with Gasteiger partial charge in [0.1, 0.15) is 18.2 Å². The van der Waals surface area contributed by atoms with Crippen LogP contribution in [0.1, 0.15) is 27.0 Å². The monoisotopic (exact) mass is 846 g/mol. The lowest BCUT2D eigenvalue weighted by Crippen LogP contribution is -2.54. The molecule has 6 heterocycles. The highest BCUT2D eigenvalue weighted by molar-refractivity contribution is 5.93. The van der Waals surface area contributed by atoms with E-state index >= 15 is 0 Å². The normalized spacial score (nSPS) is 24.0. The number of aromatic nitrogens is 4. The Hall–Kier alpha value is -7.44. The molecule has 1 atom stereocenters. The van der Waals surface area contributed by atoms with Crippen molar-refractivity contribution in [3.8, 4) is 34.5 Å². The second-order valence-electron chi connectivity index (χ2n) is 12.9. The number of hydrogen-bond donors (Lipinski definition) is 2. The number of nitrogen functional groups attached to an aromatic ring is 2. The van der Waals surface area contributed by atoms with Gasteiger partial charge in [0.25, 0.3) is 11.8 Å². The molecule has 9 rings (SSSR count). The van der Waals surface area contributed by atoms with E-state index in [1.165, 1.54) is 65.0 Å². The van der Waals surface area contributed by atoms with Crippen molar-refractivity contribution in [1.82, 2.24) is 29.7 Å². The zero-order valence-electron chi connectivity index (χ0n) is 45.0. The molecular weight excluding hydrogens is 789 g/mol. The smallest absolute Gasteiger partial charge is 0.289 e. The number of carbonyl (C=O) groups excluding carboxylic acids is 2. The minimum absolute atomic E-state index is 0.0581. The topological polar surface area (TPSA) is 219 Å². The summed E-state index contributed by atoms with van der Waals surface area (Å²) >= 11 is 0. The van der Waals surface area contributed by atoms with Gasteiger partial charge in [-0.15, -0.1) is 0 Å². The van der Waals surface area contributed by atoms with Gasteiger partial charge in [-0.05, 0) is 36.4 Å². The summed E-state index contributed by atoms with van der Waals surface area (Å²) in [4.78, 5) is 44.9. The first-order valence-corrected chi connectivity index (χ1v) is 18.3. The second-order valence-corrected chi connectivity index (χ2v) is 12.9. The van der Waals surface area contributed by atoms with Gasteiger partial charge in [0, 0.05) is 75.0 Å². The number of methoxy groups -OCH3 is 4. The van der Waals surface area contributed by atoms with Gasteiger partial charge in [0.05, 0.1) is 62.2 Å². The molecular formula is C42H46N10O9. The van der Waals surface area contributed by atoms with Crippen LogP contribution in [0.2, 0.25) is 0 Å². The van der Waals surface area contributed by atoms with Gasteiger partial charge in [0.15, 0.2) is 40.3 Å². The molecule has 2 fully saturated rings. The number of ether oxygens (including phenoxy) is 6. The summed E-state index contributed by atoms with van der Waals surface area (Å²) in [6.07, 6.45) is -0.300. The van der Waals surface area contributed by atoms with Crippen LogP contribution in [0.15, 0.2) is 71.3 Å². The molecule has 2 amide bonds. The van der Waals surface area contributed by atoms with Crippen molar-refractivity contribution in [2.24, 2.45) is 0 Å². The number of para-hydroxylation sites is 2. The molecule has 19 nitrogen and oxygen atoms in total. The van der Waals surface area contributed by atoms with E-state index in [1.807, 2.05) is 0 Å². The number of amides is 2. The Morgan fingerprint density at radius 2 is 1.21 bits per heavy atom. The maximum Gasteiger partial charge on any atom is 0.289 e. The standard InChI is InChI=1S/C23H25N5O5.C19H21N5O4/c1-30-18-11-14-15(12-19(18)31-2)25-23(26-21(14)24)28-9-7-27(8-10-28)22(29)20-13-32-16-5-3-4-6-17(16)33-20;1-26-15-10-12-13(11-16(15)27-2)21-19(22-17(12)20)24-7-5-23(6-8-24)18(25)14-4-3-9-28-14/h3-6,11-12,20H,7-10,13H2,1-2H3,(H2,24,25,26);3-4,9-11H,5-8H2,1-2H3,(H2,20,21,22)/i7D2,8D2,9D2,10D2;5D2,7D2. The maximum atomic E-state index is 13.6. The number of nitrogens with two attached hydrogens (primary N) is 2. The van der Waals surface area contributed by atoms with Crippen molar-refractivity contribution in [2.45, 2.75) is 6.10 Å². The highest BCUT2D eigenvalue weighted by Crippen LogP contribution is 2.36. The van der Waals surface area contributed by atoms with E-state index in [0.29, 0.717) is 28.2 Å². The molecule has 4 N–H and O–H groups in total. The minimum atomic E-state index is -3.50. The molecule has 3 aliphatic rings. The molecule has 3 aromatic heterocycles. The lowest BCUT2D eigenvalue weighted by Gasteiger charge is -2.37. The fourth-order valence-corrected chi connectivity index (χ4v) is 6.17. The number of carbonyl (C=O) groups is 2. The van der Waals surface area contributed by atoms with Crippen LogP contribution in [0.3, 0.4) is 0 Å². The van der Waals surface area contributed by atoms with Gasteiger partial charge in [-0.25, -0.2) is 9.97 Å². The Morgan fingerprint density at radius 1 is 0.672 bits per heavy atom. The summed E-state index contributed by atoms with van der Waals surface area (Å²) in [6, 6.07) is 15.3. The van der Waals surface area contributed by atoms with E-state index in [-0.39, 0.29) is 74.4 Å². The summed E-state index contributed by atoms with van der Waals surface area (Å²) in [7, 11) is 5.71. The number of furan rings is 1. The number of benzene rings is 3. The number of piperazine rings is 2. The van der Waals surface area contributed by atoms with Crippen LogP contribution in [-0.4, -0.2) is 135 Å². The van der Waals surface area contributed by atoms with Crippen molar-refractivity contribution in [1.29, 1.82) is 0 Å². The predicted octanol–water partition coefficient (Wildman–Crippen LogP) is 3.50. The molecule has 2 saturated heterocycles. The number of hydrogen-bond acceptors (Lipinski definition) is 17. The van der Waals surface area contributed by atoms with E-state index in [1.54, 1.807) is 30.3 Å². The summed E-state index contributed by atoms with van der Waals surface area (Å²) in [5, 5.41) is 0.712. The van der Waals surface area contributed by atoms with Gasteiger partial charge < -0.3 is 63.9 Å². The molecule has 0 aliphatic carbocycles. The Labute approximate surface area is 367 Å². The molecule has 19 heteroatoms. The van der Waals surface area contributed by atoms with Crippen molar-refractivity contribution >= 4 is 57.2 Å². The van der Waals surface area contributed by atoms with Gasteiger partial charge in [0.2, 0.25) is 18.0 Å². The summed E-state index contributed by atoms with van der Waals surface area (Å²) in [6.45, 7) is -19.9. The van der Waals surface area contributed by atoms with E-state index in [0.717, 1.165) is 9.80 Å². The van der Waals surface area contributed by atoms with Gasteiger partial charge in [-0.1, -0.05) is 12.1 Å². The third-order valence-corrected chi connectivity index (χ3v) is 9.27. The highest BCUT2D eigenvalue weighted by atomic mass is 16.6. The zero-order valence-corrected chi connectivity index (χ0v) is 33.0. The fourth-order valence-electron chi connectivity index (χ4n) is 6.17. The summed E-state index contributed by atoms with van der Waals surface area (Å²) < 4.78 is 141. The Bertz CT molecular complexity index is 3090. The third-order valence-electron chi connectivity index (χ3n) is 9.27. The number of anilines is 4. The predicted molar refractivity (Wildman–Crippen MR) is 226 cm³/mol. The Balaban J connectivity index is 0.000000201. The molecule has 3 aliphatic heterocycles. The Morgan fingerprint density at radius 3 is 1.79 bits per heavy atom. The average molecular weight is 847 g/mol. The van der Waals surface area contributed by atoms with E-state index < -0.39 is 69.5 Å². The largest absolute Gasteiger partial charge is 0.493 e. The molecule has 318 valence electrons. The van der Waals surface area contributed by atoms with Gasteiger partial charge in [-0.3, -0.25) is 9.59 Å². The van der Waals surface area contributed by atoms with Crippen LogP contribution in [-0.2, 0) is 4.79 Å². The lowest BCUT2D eigenvalue weighted by molar-refractivity contribution is -0.141. The molecule has 1 unspecified atom stereocenters. The van der Waals surface area contributed by atoms with E-state index in [9.17, 15) is 9.59 Å². The van der Waals surface area contributed by atoms with Crippen LogP contribution in [0, 0.1) is 0 Å². The van der Waals surface area contributed by atoms with Crippen molar-refractivity contribution in [2.75, 3.05) is 108 Å². The number of fused-ring (bicyclic) bond motifs is 3. The van der Waals surface area contributed by atoms with E-state index in [2.05, 4.69) is 19.9 Å².